The van der Waals surface area contributed by atoms with Gasteiger partial charge in [-0.15, -0.1) is 0 Å². The first-order chi connectivity index (χ1) is 9.47. The molecule has 0 radical (unpaired) electrons. The maximum atomic E-state index is 12.2. The number of carbonyl (C=O) groups is 2. The number of hydrogen-bond acceptors (Lipinski definition) is 2. The molecular formula is C15H18BrNO3. The number of aliphatic carboxylic acids is 1. The second kappa shape index (κ2) is 6.39. The Balaban J connectivity index is 1.96. The van der Waals surface area contributed by atoms with Gasteiger partial charge in [-0.25, -0.2) is 0 Å². The number of hydrogen-bond donors (Lipinski definition) is 2. The van der Waals surface area contributed by atoms with Gasteiger partial charge in [-0.2, -0.15) is 0 Å². The molecule has 1 aromatic carbocycles. The Morgan fingerprint density at radius 2 is 1.80 bits per heavy atom. The predicted molar refractivity (Wildman–Crippen MR) is 80.6 cm³/mol. The largest absolute Gasteiger partial charge is 0.481 e. The molecule has 0 saturated heterocycles. The molecule has 20 heavy (non-hydrogen) atoms. The highest BCUT2D eigenvalue weighted by molar-refractivity contribution is 9.10. The lowest BCUT2D eigenvalue weighted by Gasteiger charge is -2.25. The smallest absolute Gasteiger partial charge is 0.306 e. The van der Waals surface area contributed by atoms with Crippen molar-refractivity contribution >= 4 is 33.5 Å². The molecule has 0 atom stereocenters. The molecule has 1 fully saturated rings. The number of carbonyl (C=O) groups excluding carboxylic acids is 1. The zero-order chi connectivity index (χ0) is 14.7. The highest BCUT2D eigenvalue weighted by Crippen LogP contribution is 2.30. The van der Waals surface area contributed by atoms with Crippen molar-refractivity contribution in [3.63, 3.8) is 0 Å². The monoisotopic (exact) mass is 339 g/mol. The molecule has 5 heteroatoms. The Hall–Kier alpha value is -1.36. The summed E-state index contributed by atoms with van der Waals surface area (Å²) in [5.74, 6) is -1.11. The Kier molecular flexibility index (Phi) is 4.81. The summed E-state index contributed by atoms with van der Waals surface area (Å²) in [5.41, 5.74) is 1.82. The van der Waals surface area contributed by atoms with Gasteiger partial charge in [0.1, 0.15) is 0 Å². The van der Waals surface area contributed by atoms with E-state index in [0.717, 1.165) is 15.7 Å². The highest BCUT2D eigenvalue weighted by Gasteiger charge is 2.29. The number of carboxylic acid groups (broad SMARTS) is 1. The standard InChI is InChI=1S/C15H18BrNO3/c1-9-2-7-12(16)8-13(9)17-14(18)10-3-5-11(6-4-10)15(19)20/h2,7-8,10-11H,3-6H2,1H3,(H,17,18)(H,19,20). The molecule has 108 valence electrons. The van der Waals surface area contributed by atoms with Gasteiger partial charge in [0.2, 0.25) is 5.91 Å². The molecule has 0 bridgehead atoms. The minimum absolute atomic E-state index is 0.00459. The first kappa shape index (κ1) is 15.0. The molecule has 2 rings (SSSR count). The molecular weight excluding hydrogens is 322 g/mol. The summed E-state index contributed by atoms with van der Waals surface area (Å²) in [5, 5.41) is 11.9. The van der Waals surface area contributed by atoms with Crippen LogP contribution in [0.1, 0.15) is 31.2 Å². The molecule has 1 saturated carbocycles. The maximum Gasteiger partial charge on any atom is 0.306 e. The lowest BCUT2D eigenvalue weighted by Crippen LogP contribution is -2.29. The van der Waals surface area contributed by atoms with E-state index in [1.807, 2.05) is 25.1 Å². The SMILES string of the molecule is Cc1ccc(Br)cc1NC(=O)C1CCC(C(=O)O)CC1. The zero-order valence-corrected chi connectivity index (χ0v) is 12.9. The lowest BCUT2D eigenvalue weighted by molar-refractivity contribution is -0.143. The van der Waals surface area contributed by atoms with E-state index in [-0.39, 0.29) is 17.7 Å². The first-order valence-corrected chi connectivity index (χ1v) is 7.56. The number of halogens is 1. The molecule has 1 aliphatic carbocycles. The normalized spacial score (nSPS) is 22.3. The van der Waals surface area contributed by atoms with E-state index in [0.29, 0.717) is 25.7 Å². The molecule has 0 aromatic heterocycles. The number of nitrogens with one attached hydrogen (secondary N) is 1. The van der Waals surface area contributed by atoms with Crippen molar-refractivity contribution in [2.45, 2.75) is 32.6 Å². The van der Waals surface area contributed by atoms with Crippen LogP contribution in [0, 0.1) is 18.8 Å². The van der Waals surface area contributed by atoms with Crippen molar-refractivity contribution in [3.05, 3.63) is 28.2 Å². The van der Waals surface area contributed by atoms with E-state index in [2.05, 4.69) is 21.2 Å². The van der Waals surface area contributed by atoms with E-state index >= 15 is 0 Å². The Morgan fingerprint density at radius 1 is 1.20 bits per heavy atom. The van der Waals surface area contributed by atoms with Gasteiger partial charge in [0.15, 0.2) is 0 Å². The van der Waals surface area contributed by atoms with E-state index < -0.39 is 5.97 Å². The van der Waals surface area contributed by atoms with Gasteiger partial charge >= 0.3 is 5.97 Å². The topological polar surface area (TPSA) is 66.4 Å². The fraction of sp³-hybridized carbons (Fsp3) is 0.467. The molecule has 0 unspecified atom stereocenters. The van der Waals surface area contributed by atoms with Crippen molar-refractivity contribution in [2.75, 3.05) is 5.32 Å². The average Bonchev–Trinajstić information content (AvgIpc) is 2.43. The third-order valence-corrected chi connectivity index (χ3v) is 4.40. The molecule has 0 heterocycles. The van der Waals surface area contributed by atoms with Crippen molar-refractivity contribution in [1.82, 2.24) is 0 Å². The van der Waals surface area contributed by atoms with E-state index in [1.54, 1.807) is 0 Å². The number of amides is 1. The third kappa shape index (κ3) is 3.60. The molecule has 0 aliphatic heterocycles. The van der Waals surface area contributed by atoms with E-state index in [1.165, 1.54) is 0 Å². The lowest BCUT2D eigenvalue weighted by atomic mass is 9.81. The van der Waals surface area contributed by atoms with Crippen LogP contribution in [0.3, 0.4) is 0 Å². The van der Waals surface area contributed by atoms with Crippen molar-refractivity contribution in [1.29, 1.82) is 0 Å². The summed E-state index contributed by atoms with van der Waals surface area (Å²) in [6.07, 6.45) is 2.47. The fourth-order valence-electron chi connectivity index (χ4n) is 2.57. The molecule has 2 N–H and O–H groups in total. The molecule has 1 aromatic rings. The van der Waals surface area contributed by atoms with Crippen molar-refractivity contribution in [3.8, 4) is 0 Å². The van der Waals surface area contributed by atoms with Crippen LogP contribution in [0.5, 0.6) is 0 Å². The van der Waals surface area contributed by atoms with Crippen LogP contribution >= 0.6 is 15.9 Å². The zero-order valence-electron chi connectivity index (χ0n) is 11.4. The molecule has 0 spiro atoms. The van der Waals surface area contributed by atoms with Crippen LogP contribution in [0.25, 0.3) is 0 Å². The van der Waals surface area contributed by atoms with Crippen LogP contribution in [0.4, 0.5) is 5.69 Å². The predicted octanol–water partition coefficient (Wildman–Crippen LogP) is 3.59. The molecule has 1 amide bonds. The second-order valence-electron chi connectivity index (χ2n) is 5.34. The summed E-state index contributed by atoms with van der Waals surface area (Å²) in [6.45, 7) is 1.95. The van der Waals surface area contributed by atoms with Gasteiger partial charge < -0.3 is 10.4 Å². The maximum absolute atomic E-state index is 12.2. The van der Waals surface area contributed by atoms with Crippen LogP contribution in [0.15, 0.2) is 22.7 Å². The third-order valence-electron chi connectivity index (χ3n) is 3.90. The number of aryl methyl sites for hydroxylation is 1. The Labute approximate surface area is 126 Å². The van der Waals surface area contributed by atoms with Gasteiger partial charge in [0, 0.05) is 16.1 Å². The van der Waals surface area contributed by atoms with Crippen molar-refractivity contribution in [2.24, 2.45) is 11.8 Å². The first-order valence-electron chi connectivity index (χ1n) is 6.77. The average molecular weight is 340 g/mol. The summed E-state index contributed by atoms with van der Waals surface area (Å²) in [4.78, 5) is 23.1. The highest BCUT2D eigenvalue weighted by atomic mass is 79.9. The quantitative estimate of drug-likeness (QED) is 0.884. The Bertz CT molecular complexity index is 522. The summed E-state index contributed by atoms with van der Waals surface area (Å²) >= 11 is 3.39. The molecule has 1 aliphatic rings. The van der Waals surface area contributed by atoms with E-state index in [9.17, 15) is 9.59 Å². The van der Waals surface area contributed by atoms with E-state index in [4.69, 9.17) is 5.11 Å². The fourth-order valence-corrected chi connectivity index (χ4v) is 2.93. The van der Waals surface area contributed by atoms with Gasteiger partial charge in [0.25, 0.3) is 0 Å². The van der Waals surface area contributed by atoms with Gasteiger partial charge in [0.05, 0.1) is 5.92 Å². The summed E-state index contributed by atoms with van der Waals surface area (Å²) < 4.78 is 0.924. The number of benzene rings is 1. The van der Waals surface area contributed by atoms with Gasteiger partial charge in [-0.05, 0) is 50.3 Å². The van der Waals surface area contributed by atoms with Gasteiger partial charge in [-0.3, -0.25) is 9.59 Å². The van der Waals surface area contributed by atoms with Crippen LogP contribution < -0.4 is 5.32 Å². The summed E-state index contributed by atoms with van der Waals surface area (Å²) in [7, 11) is 0. The Morgan fingerprint density at radius 3 is 2.40 bits per heavy atom. The van der Waals surface area contributed by atoms with Crippen LogP contribution in [-0.2, 0) is 9.59 Å². The van der Waals surface area contributed by atoms with Crippen molar-refractivity contribution < 1.29 is 14.7 Å². The second-order valence-corrected chi connectivity index (χ2v) is 6.25. The number of rotatable bonds is 3. The van der Waals surface area contributed by atoms with Crippen LogP contribution in [-0.4, -0.2) is 17.0 Å². The number of anilines is 1. The minimum Gasteiger partial charge on any atom is -0.481 e. The summed E-state index contributed by atoms with van der Waals surface area (Å²) in [6, 6.07) is 5.76. The van der Waals surface area contributed by atoms with Crippen LogP contribution in [0.2, 0.25) is 0 Å². The van der Waals surface area contributed by atoms with Gasteiger partial charge in [-0.1, -0.05) is 22.0 Å². The molecule has 4 nitrogen and oxygen atoms in total. The number of carboxylic acids is 1. The minimum atomic E-state index is -0.744.